The Morgan fingerprint density at radius 3 is 2.17 bits per heavy atom. The Morgan fingerprint density at radius 2 is 1.75 bits per heavy atom. The van der Waals surface area contributed by atoms with Gasteiger partial charge in [-0.25, -0.2) is 0 Å². The van der Waals surface area contributed by atoms with Crippen LogP contribution < -0.4 is 5.11 Å². The summed E-state index contributed by atoms with van der Waals surface area (Å²) >= 11 is 0. The van der Waals surface area contributed by atoms with Gasteiger partial charge in [0.1, 0.15) is 5.97 Å². The number of hydrogen-bond donors (Lipinski definition) is 2. The van der Waals surface area contributed by atoms with Gasteiger partial charge in [0, 0.05) is 5.56 Å². The highest BCUT2D eigenvalue weighted by Crippen LogP contribution is 2.15. The lowest BCUT2D eigenvalue weighted by Gasteiger charge is -2.22. The zero-order valence-electron chi connectivity index (χ0n) is 6.10. The van der Waals surface area contributed by atoms with E-state index >= 15 is 0 Å². The van der Waals surface area contributed by atoms with Gasteiger partial charge in [-0.1, -0.05) is 30.3 Å². The average molecular weight is 167 g/mol. The van der Waals surface area contributed by atoms with Crippen molar-refractivity contribution in [3.8, 4) is 0 Å². The first-order chi connectivity index (χ1) is 5.55. The Hall–Kier alpha value is -1.39. The zero-order valence-corrected chi connectivity index (χ0v) is 6.10. The largest absolute Gasteiger partial charge is 0.544 e. The second kappa shape index (κ2) is 2.92. The molecule has 1 rings (SSSR count). The summed E-state index contributed by atoms with van der Waals surface area (Å²) in [7, 11) is 0. The molecule has 4 heteroatoms. The van der Waals surface area contributed by atoms with E-state index in [0.717, 1.165) is 0 Å². The molecule has 0 bridgehead atoms. The third-order valence-electron chi connectivity index (χ3n) is 1.46. The Kier molecular flexibility index (Phi) is 2.12. The predicted octanol–water partition coefficient (Wildman–Crippen LogP) is -1.43. The van der Waals surface area contributed by atoms with Crippen LogP contribution in [-0.2, 0) is 10.6 Å². The maximum atomic E-state index is 10.2. The third kappa shape index (κ3) is 1.44. The molecular weight excluding hydrogens is 160 g/mol. The van der Waals surface area contributed by atoms with Gasteiger partial charge < -0.3 is 20.1 Å². The molecule has 0 fully saturated rings. The summed E-state index contributed by atoms with van der Waals surface area (Å²) in [5, 5.41) is 28.1. The Balaban J connectivity index is 3.06. The summed E-state index contributed by atoms with van der Waals surface area (Å²) in [6.45, 7) is 0. The molecule has 64 valence electrons. The first-order valence-electron chi connectivity index (χ1n) is 3.27. The van der Waals surface area contributed by atoms with Gasteiger partial charge in [-0.2, -0.15) is 0 Å². The summed E-state index contributed by atoms with van der Waals surface area (Å²) in [5.41, 5.74) is -0.120. The zero-order chi connectivity index (χ0) is 9.19. The van der Waals surface area contributed by atoms with Crippen LogP contribution in [0.15, 0.2) is 30.3 Å². The van der Waals surface area contributed by atoms with Crippen molar-refractivity contribution in [2.24, 2.45) is 0 Å². The molecule has 1 aromatic rings. The topological polar surface area (TPSA) is 80.6 Å². The van der Waals surface area contributed by atoms with Crippen LogP contribution in [-0.4, -0.2) is 16.2 Å². The fraction of sp³-hybridized carbons (Fsp3) is 0.125. The van der Waals surface area contributed by atoms with Crippen molar-refractivity contribution >= 4 is 5.97 Å². The van der Waals surface area contributed by atoms with Crippen LogP contribution in [0.2, 0.25) is 0 Å². The second-order valence-corrected chi connectivity index (χ2v) is 2.33. The fourth-order valence-electron chi connectivity index (χ4n) is 0.788. The highest BCUT2D eigenvalue weighted by Gasteiger charge is 2.26. The summed E-state index contributed by atoms with van der Waals surface area (Å²) < 4.78 is 0. The molecule has 0 aliphatic rings. The van der Waals surface area contributed by atoms with Gasteiger partial charge in [0.05, 0.1) is 0 Å². The summed E-state index contributed by atoms with van der Waals surface area (Å²) in [4.78, 5) is 10.2. The molecule has 4 nitrogen and oxygen atoms in total. The average Bonchev–Trinajstić information content (AvgIpc) is 2.06. The molecule has 0 radical (unpaired) electrons. The maximum absolute atomic E-state index is 10.2. The molecule has 0 unspecified atom stereocenters. The minimum absolute atomic E-state index is 0.120. The minimum Gasteiger partial charge on any atom is -0.544 e. The number of carboxylic acid groups (broad SMARTS) is 1. The number of aliphatic hydroxyl groups is 2. The van der Waals surface area contributed by atoms with E-state index < -0.39 is 11.8 Å². The van der Waals surface area contributed by atoms with E-state index in [1.54, 1.807) is 6.07 Å². The Morgan fingerprint density at radius 1 is 1.25 bits per heavy atom. The van der Waals surface area contributed by atoms with Crippen LogP contribution in [0.1, 0.15) is 5.56 Å². The lowest BCUT2D eigenvalue weighted by atomic mass is 10.1. The van der Waals surface area contributed by atoms with Gasteiger partial charge in [-0.15, -0.1) is 0 Å². The van der Waals surface area contributed by atoms with Crippen molar-refractivity contribution in [1.82, 2.24) is 0 Å². The van der Waals surface area contributed by atoms with Crippen LogP contribution >= 0.6 is 0 Å². The molecule has 12 heavy (non-hydrogen) atoms. The van der Waals surface area contributed by atoms with Crippen molar-refractivity contribution in [1.29, 1.82) is 0 Å². The van der Waals surface area contributed by atoms with Crippen molar-refractivity contribution < 1.29 is 20.1 Å². The van der Waals surface area contributed by atoms with Gasteiger partial charge in [0.15, 0.2) is 0 Å². The number of carbonyl (C=O) groups is 1. The summed E-state index contributed by atoms with van der Waals surface area (Å²) in [6.07, 6.45) is 0. The van der Waals surface area contributed by atoms with Gasteiger partial charge in [-0.3, -0.25) is 0 Å². The lowest BCUT2D eigenvalue weighted by Crippen LogP contribution is -2.45. The molecule has 2 N–H and O–H groups in total. The van der Waals surface area contributed by atoms with Crippen LogP contribution in [0.3, 0.4) is 0 Å². The van der Waals surface area contributed by atoms with E-state index in [1.807, 2.05) is 0 Å². The van der Waals surface area contributed by atoms with Crippen LogP contribution in [0.4, 0.5) is 0 Å². The lowest BCUT2D eigenvalue weighted by molar-refractivity contribution is -0.349. The Bertz CT molecular complexity index is 278. The number of aliphatic carboxylic acids is 1. The minimum atomic E-state index is -2.90. The van der Waals surface area contributed by atoms with Gasteiger partial charge >= 0.3 is 0 Å². The quantitative estimate of drug-likeness (QED) is 0.529. The number of hydrogen-bond acceptors (Lipinski definition) is 4. The first-order valence-corrected chi connectivity index (χ1v) is 3.27. The number of carbonyl (C=O) groups excluding carboxylic acids is 1. The molecule has 0 aromatic heterocycles. The van der Waals surface area contributed by atoms with Crippen LogP contribution in [0.5, 0.6) is 0 Å². The summed E-state index contributed by atoms with van der Waals surface area (Å²) in [6, 6.07) is 7.21. The Labute approximate surface area is 68.7 Å². The summed E-state index contributed by atoms with van der Waals surface area (Å²) in [5.74, 6) is -4.84. The van der Waals surface area contributed by atoms with E-state index in [9.17, 15) is 9.90 Å². The molecule has 0 aliphatic carbocycles. The molecule has 0 saturated carbocycles. The molecular formula is C8H7O4-. The standard InChI is InChI=1S/C8H8O4/c9-7(10)8(11,12)6-4-2-1-3-5-6/h1-5,11-12H,(H,9,10)/p-1. The van der Waals surface area contributed by atoms with Crippen LogP contribution in [0.25, 0.3) is 0 Å². The molecule has 1 aromatic carbocycles. The van der Waals surface area contributed by atoms with Gasteiger partial charge in [-0.05, 0) is 0 Å². The first kappa shape index (κ1) is 8.70. The highest BCUT2D eigenvalue weighted by atomic mass is 16.5. The molecule has 0 heterocycles. The predicted molar refractivity (Wildman–Crippen MR) is 37.6 cm³/mol. The van der Waals surface area contributed by atoms with E-state index in [0.29, 0.717) is 0 Å². The van der Waals surface area contributed by atoms with E-state index in [1.165, 1.54) is 24.3 Å². The molecule has 0 amide bonds. The molecule has 0 saturated heterocycles. The SMILES string of the molecule is O=C([O-])C(O)(O)c1ccccc1. The molecule has 0 spiro atoms. The van der Waals surface area contributed by atoms with E-state index in [2.05, 4.69) is 0 Å². The number of rotatable bonds is 2. The van der Waals surface area contributed by atoms with E-state index in [4.69, 9.17) is 10.2 Å². The van der Waals surface area contributed by atoms with Crippen molar-refractivity contribution in [2.45, 2.75) is 5.79 Å². The van der Waals surface area contributed by atoms with Crippen LogP contribution in [0, 0.1) is 0 Å². The second-order valence-electron chi connectivity index (χ2n) is 2.33. The van der Waals surface area contributed by atoms with Crippen molar-refractivity contribution in [3.05, 3.63) is 35.9 Å². The molecule has 0 atom stereocenters. The highest BCUT2D eigenvalue weighted by molar-refractivity contribution is 5.74. The smallest absolute Gasteiger partial charge is 0.232 e. The molecule has 0 aliphatic heterocycles. The third-order valence-corrected chi connectivity index (χ3v) is 1.46. The number of carboxylic acids is 1. The van der Waals surface area contributed by atoms with Crippen molar-refractivity contribution in [2.75, 3.05) is 0 Å². The van der Waals surface area contributed by atoms with Gasteiger partial charge in [0.25, 0.3) is 0 Å². The number of benzene rings is 1. The van der Waals surface area contributed by atoms with Crippen molar-refractivity contribution in [3.63, 3.8) is 0 Å². The normalized spacial score (nSPS) is 11.2. The fourth-order valence-corrected chi connectivity index (χ4v) is 0.788. The van der Waals surface area contributed by atoms with Gasteiger partial charge in [0.2, 0.25) is 5.79 Å². The van der Waals surface area contributed by atoms with E-state index in [-0.39, 0.29) is 5.56 Å². The maximum Gasteiger partial charge on any atom is 0.232 e. The monoisotopic (exact) mass is 167 g/mol.